The molecular formula is C17H32O6. The van der Waals surface area contributed by atoms with E-state index in [-0.39, 0.29) is 23.7 Å². The quantitative estimate of drug-likeness (QED) is 0.579. The maximum absolute atomic E-state index is 11.9. The van der Waals surface area contributed by atoms with Crippen molar-refractivity contribution in [3.8, 4) is 0 Å². The molecular weight excluding hydrogens is 300 g/mol. The van der Waals surface area contributed by atoms with Crippen molar-refractivity contribution in [1.29, 1.82) is 0 Å². The van der Waals surface area contributed by atoms with Crippen LogP contribution in [-0.4, -0.2) is 59.4 Å². The zero-order valence-corrected chi connectivity index (χ0v) is 14.7. The Kier molecular flexibility index (Phi) is 8.10. The molecule has 0 aromatic carbocycles. The molecule has 23 heavy (non-hydrogen) atoms. The number of hydrogen-bond acceptors (Lipinski definition) is 6. The van der Waals surface area contributed by atoms with Crippen molar-refractivity contribution in [2.45, 2.75) is 77.5 Å². The summed E-state index contributed by atoms with van der Waals surface area (Å²) >= 11 is 0. The van der Waals surface area contributed by atoms with Crippen LogP contribution in [0.1, 0.15) is 52.9 Å². The minimum atomic E-state index is -1.11. The number of methoxy groups -OCH3 is 1. The van der Waals surface area contributed by atoms with Gasteiger partial charge < -0.3 is 24.8 Å². The molecule has 1 heterocycles. The van der Waals surface area contributed by atoms with Gasteiger partial charge in [0.05, 0.1) is 12.7 Å². The molecule has 1 rings (SSSR count). The Morgan fingerprint density at radius 3 is 2.30 bits per heavy atom. The molecule has 136 valence electrons. The fourth-order valence-electron chi connectivity index (χ4n) is 2.89. The van der Waals surface area contributed by atoms with E-state index in [0.29, 0.717) is 12.8 Å². The van der Waals surface area contributed by atoms with Crippen LogP contribution in [0.25, 0.3) is 0 Å². The maximum atomic E-state index is 11.9. The molecule has 0 spiro atoms. The van der Waals surface area contributed by atoms with Crippen LogP contribution in [0.4, 0.5) is 0 Å². The number of carbonyl (C=O) groups is 1. The van der Waals surface area contributed by atoms with Crippen LogP contribution in [0.15, 0.2) is 0 Å². The van der Waals surface area contributed by atoms with Crippen molar-refractivity contribution in [2.75, 3.05) is 13.7 Å². The van der Waals surface area contributed by atoms with Crippen molar-refractivity contribution < 1.29 is 29.6 Å². The summed E-state index contributed by atoms with van der Waals surface area (Å²) in [5, 5.41) is 29.3. The van der Waals surface area contributed by atoms with Gasteiger partial charge in [-0.1, -0.05) is 33.6 Å². The van der Waals surface area contributed by atoms with Crippen molar-refractivity contribution in [3.05, 3.63) is 0 Å². The van der Waals surface area contributed by atoms with Crippen LogP contribution in [0.5, 0.6) is 0 Å². The molecule has 1 saturated heterocycles. The molecule has 1 aliphatic rings. The highest BCUT2D eigenvalue weighted by Gasteiger charge is 2.43. The Morgan fingerprint density at radius 1 is 1.13 bits per heavy atom. The highest BCUT2D eigenvalue weighted by Crippen LogP contribution is 2.30. The normalized spacial score (nSPS) is 32.0. The molecule has 5 unspecified atom stereocenters. The molecule has 1 fully saturated rings. The third-order valence-electron chi connectivity index (χ3n) is 4.52. The minimum absolute atomic E-state index is 0.259. The van der Waals surface area contributed by atoms with E-state index in [0.717, 1.165) is 19.3 Å². The second kappa shape index (κ2) is 9.08. The number of carbonyl (C=O) groups excluding carboxylic acids is 1. The van der Waals surface area contributed by atoms with Crippen LogP contribution >= 0.6 is 0 Å². The van der Waals surface area contributed by atoms with E-state index in [2.05, 4.69) is 0 Å². The fraction of sp³-hybridized carbons (Fsp3) is 0.941. The average Bonchev–Trinajstić information content (AvgIpc) is 2.49. The number of rotatable bonds is 8. The first-order chi connectivity index (χ1) is 10.7. The molecule has 6 heteroatoms. The first kappa shape index (κ1) is 20.5. The molecule has 1 aliphatic heterocycles. The van der Waals surface area contributed by atoms with Crippen LogP contribution < -0.4 is 0 Å². The predicted octanol–water partition coefficient (Wildman–Crippen LogP) is 1.25. The highest BCUT2D eigenvalue weighted by molar-refractivity contribution is 5.83. The lowest BCUT2D eigenvalue weighted by molar-refractivity contribution is -0.279. The third kappa shape index (κ3) is 5.80. The van der Waals surface area contributed by atoms with Crippen molar-refractivity contribution in [1.82, 2.24) is 0 Å². The average molecular weight is 332 g/mol. The molecule has 0 aromatic rings. The van der Waals surface area contributed by atoms with Gasteiger partial charge in [0.1, 0.15) is 18.0 Å². The number of unbranched alkanes of at least 4 members (excludes halogenated alkanes) is 2. The number of hydrogen-bond donors (Lipinski definition) is 3. The summed E-state index contributed by atoms with van der Waals surface area (Å²) < 4.78 is 10.7. The molecule has 5 atom stereocenters. The topological polar surface area (TPSA) is 96.2 Å². The van der Waals surface area contributed by atoms with Crippen LogP contribution in [0.2, 0.25) is 0 Å². The number of ketones is 1. The Morgan fingerprint density at radius 2 is 1.78 bits per heavy atom. The highest BCUT2D eigenvalue weighted by atomic mass is 16.7. The fourth-order valence-corrected chi connectivity index (χ4v) is 2.89. The SMILES string of the molecule is COC1OC(CO)C(O)C(O)C1CCCCCC(=O)C(C)(C)C. The lowest BCUT2D eigenvalue weighted by Crippen LogP contribution is -2.56. The van der Waals surface area contributed by atoms with Crippen LogP contribution in [0, 0.1) is 11.3 Å². The zero-order chi connectivity index (χ0) is 17.6. The summed E-state index contributed by atoms with van der Waals surface area (Å²) in [6.45, 7) is 5.41. The van der Waals surface area contributed by atoms with E-state index in [1.807, 2.05) is 20.8 Å². The van der Waals surface area contributed by atoms with E-state index in [4.69, 9.17) is 14.6 Å². The van der Waals surface area contributed by atoms with Gasteiger partial charge >= 0.3 is 0 Å². The second-order valence-electron chi connectivity index (χ2n) is 7.38. The van der Waals surface area contributed by atoms with Gasteiger partial charge in [0.25, 0.3) is 0 Å². The molecule has 0 amide bonds. The van der Waals surface area contributed by atoms with Gasteiger partial charge in [-0.15, -0.1) is 0 Å². The summed E-state index contributed by atoms with van der Waals surface area (Å²) in [6, 6.07) is 0. The number of ether oxygens (including phenoxy) is 2. The van der Waals surface area contributed by atoms with Crippen LogP contribution in [-0.2, 0) is 14.3 Å². The lowest BCUT2D eigenvalue weighted by Gasteiger charge is -2.41. The van der Waals surface area contributed by atoms with Crippen molar-refractivity contribution >= 4 is 5.78 Å². The first-order valence-electron chi connectivity index (χ1n) is 8.41. The smallest absolute Gasteiger partial charge is 0.163 e. The third-order valence-corrected chi connectivity index (χ3v) is 4.52. The number of Topliss-reactive ketones (excluding diaryl/α,β-unsaturated/α-hetero) is 1. The van der Waals surface area contributed by atoms with Gasteiger partial charge in [0, 0.05) is 24.9 Å². The van der Waals surface area contributed by atoms with Gasteiger partial charge in [0.2, 0.25) is 0 Å². The van der Waals surface area contributed by atoms with E-state index in [1.54, 1.807) is 0 Å². The maximum Gasteiger partial charge on any atom is 0.163 e. The Hall–Kier alpha value is -0.530. The minimum Gasteiger partial charge on any atom is -0.394 e. The zero-order valence-electron chi connectivity index (χ0n) is 14.7. The summed E-state index contributed by atoms with van der Waals surface area (Å²) in [4.78, 5) is 11.9. The van der Waals surface area contributed by atoms with Gasteiger partial charge in [-0.05, 0) is 12.8 Å². The number of aliphatic hydroxyl groups excluding tert-OH is 3. The molecule has 0 bridgehead atoms. The molecule has 6 nitrogen and oxygen atoms in total. The van der Waals surface area contributed by atoms with E-state index in [9.17, 15) is 15.0 Å². The summed E-state index contributed by atoms with van der Waals surface area (Å²) in [6.07, 6.45) is 0.159. The molecule has 0 saturated carbocycles. The van der Waals surface area contributed by atoms with Crippen molar-refractivity contribution in [2.24, 2.45) is 11.3 Å². The monoisotopic (exact) mass is 332 g/mol. The van der Waals surface area contributed by atoms with E-state index >= 15 is 0 Å². The van der Waals surface area contributed by atoms with Crippen molar-refractivity contribution in [3.63, 3.8) is 0 Å². The standard InChI is InChI=1S/C17H32O6/c1-17(2,3)13(19)9-7-5-6-8-11-14(20)15(21)12(10-18)23-16(11)22-4/h11-12,14-16,18,20-21H,5-10H2,1-4H3. The van der Waals surface area contributed by atoms with Crippen LogP contribution in [0.3, 0.4) is 0 Å². The van der Waals surface area contributed by atoms with E-state index in [1.165, 1.54) is 7.11 Å². The molecule has 0 aromatic heterocycles. The van der Waals surface area contributed by atoms with Gasteiger partial charge in [-0.25, -0.2) is 0 Å². The molecule has 0 radical (unpaired) electrons. The predicted molar refractivity (Wildman–Crippen MR) is 85.8 cm³/mol. The summed E-state index contributed by atoms with van der Waals surface area (Å²) in [5.74, 6) is -0.0781. The first-order valence-corrected chi connectivity index (χ1v) is 8.41. The molecule has 0 aliphatic carbocycles. The Labute approximate surface area is 138 Å². The lowest BCUT2D eigenvalue weighted by atomic mass is 9.85. The summed E-state index contributed by atoms with van der Waals surface area (Å²) in [7, 11) is 1.48. The largest absolute Gasteiger partial charge is 0.394 e. The van der Waals surface area contributed by atoms with E-state index < -0.39 is 24.6 Å². The van der Waals surface area contributed by atoms with Gasteiger partial charge in [0.15, 0.2) is 6.29 Å². The number of aliphatic hydroxyl groups is 3. The van der Waals surface area contributed by atoms with Gasteiger partial charge in [-0.2, -0.15) is 0 Å². The Bertz CT molecular complexity index is 363. The second-order valence-corrected chi connectivity index (χ2v) is 7.38. The van der Waals surface area contributed by atoms with Gasteiger partial charge in [-0.3, -0.25) is 4.79 Å². The molecule has 3 N–H and O–H groups in total. The summed E-state index contributed by atoms with van der Waals surface area (Å²) in [5.41, 5.74) is -0.294. The Balaban J connectivity index is 2.39.